The zero-order valence-electron chi connectivity index (χ0n) is 22.0. The number of aryl methyl sites for hydroxylation is 1. The summed E-state index contributed by atoms with van der Waals surface area (Å²) in [4.78, 5) is 27.0. The monoisotopic (exact) mass is 471 g/mol. The lowest BCUT2D eigenvalue weighted by Crippen LogP contribution is -2.40. The maximum Gasteiger partial charge on any atom is 0.309 e. The third-order valence-electron chi connectivity index (χ3n) is 7.22. The van der Waals surface area contributed by atoms with E-state index in [0.717, 1.165) is 24.8 Å². The molecule has 0 aromatic heterocycles. The fourth-order valence-corrected chi connectivity index (χ4v) is 4.79. The van der Waals surface area contributed by atoms with Gasteiger partial charge in [-0.2, -0.15) is 0 Å². The molecule has 1 aliphatic heterocycles. The van der Waals surface area contributed by atoms with Crippen LogP contribution in [0.15, 0.2) is 24.3 Å². The number of piperidine rings is 1. The summed E-state index contributed by atoms with van der Waals surface area (Å²) in [5.41, 5.74) is 1.97. The number of esters is 1. The summed E-state index contributed by atoms with van der Waals surface area (Å²) in [5.74, 6) is -0.0618. The van der Waals surface area contributed by atoms with Gasteiger partial charge in [0.25, 0.3) is 5.91 Å². The zero-order chi connectivity index (χ0) is 24.4. The maximum atomic E-state index is 12.7. The second-order valence-corrected chi connectivity index (χ2v) is 10.0. The van der Waals surface area contributed by atoms with Crippen LogP contribution in [-0.4, -0.2) is 36.5 Å². The molecule has 1 heterocycles. The molecule has 1 aliphatic rings. The van der Waals surface area contributed by atoms with Gasteiger partial charge in [-0.3, -0.25) is 9.59 Å². The van der Waals surface area contributed by atoms with Crippen molar-refractivity contribution in [3.8, 4) is 0 Å². The number of rotatable bonds is 17. The highest BCUT2D eigenvalue weighted by Crippen LogP contribution is 2.21. The van der Waals surface area contributed by atoms with Crippen LogP contribution in [0.1, 0.15) is 126 Å². The van der Waals surface area contributed by atoms with E-state index in [1.807, 2.05) is 29.2 Å². The van der Waals surface area contributed by atoms with Crippen molar-refractivity contribution < 1.29 is 14.3 Å². The maximum absolute atomic E-state index is 12.7. The van der Waals surface area contributed by atoms with Crippen LogP contribution < -0.4 is 0 Å². The minimum Gasteiger partial charge on any atom is -0.465 e. The Morgan fingerprint density at radius 1 is 0.765 bits per heavy atom. The number of amides is 1. The predicted octanol–water partition coefficient (Wildman–Crippen LogP) is 7.74. The van der Waals surface area contributed by atoms with Gasteiger partial charge in [0.05, 0.1) is 12.5 Å². The van der Waals surface area contributed by atoms with Crippen molar-refractivity contribution >= 4 is 11.9 Å². The molecule has 1 aromatic carbocycles. The molecule has 4 heteroatoms. The Bertz CT molecular complexity index is 677. The van der Waals surface area contributed by atoms with Gasteiger partial charge in [0.2, 0.25) is 0 Å². The van der Waals surface area contributed by atoms with Gasteiger partial charge < -0.3 is 9.64 Å². The fraction of sp³-hybridized carbons (Fsp3) is 0.733. The number of likely N-dealkylation sites (tertiary alicyclic amines) is 1. The quantitative estimate of drug-likeness (QED) is 0.172. The van der Waals surface area contributed by atoms with Gasteiger partial charge in [0, 0.05) is 18.7 Å². The summed E-state index contributed by atoms with van der Waals surface area (Å²) in [7, 11) is 0. The summed E-state index contributed by atoms with van der Waals surface area (Å²) in [6, 6.07) is 7.87. The van der Waals surface area contributed by atoms with Crippen LogP contribution in [0.4, 0.5) is 0 Å². The minimum atomic E-state index is -0.0710. The first-order chi connectivity index (χ1) is 16.7. The summed E-state index contributed by atoms with van der Waals surface area (Å²) in [6.07, 6.45) is 19.5. The van der Waals surface area contributed by atoms with E-state index in [1.54, 1.807) is 0 Å². The highest BCUT2D eigenvalue weighted by atomic mass is 16.5. The molecule has 192 valence electrons. The molecule has 34 heavy (non-hydrogen) atoms. The molecular formula is C30H49NO3. The van der Waals surface area contributed by atoms with Crippen molar-refractivity contribution in [2.24, 2.45) is 5.92 Å². The lowest BCUT2D eigenvalue weighted by Gasteiger charge is -2.31. The number of nitrogens with zero attached hydrogens (tertiary/aromatic N) is 1. The summed E-state index contributed by atoms with van der Waals surface area (Å²) in [6.45, 7) is 6.19. The molecule has 0 saturated carbocycles. The third kappa shape index (κ3) is 11.1. The van der Waals surface area contributed by atoms with E-state index in [1.165, 1.54) is 76.2 Å². The first-order valence-corrected chi connectivity index (χ1v) is 14.2. The van der Waals surface area contributed by atoms with Crippen molar-refractivity contribution in [1.29, 1.82) is 0 Å². The molecule has 0 N–H and O–H groups in total. The van der Waals surface area contributed by atoms with E-state index in [4.69, 9.17) is 4.74 Å². The largest absolute Gasteiger partial charge is 0.465 e. The molecule has 1 saturated heterocycles. The SMILES string of the molecule is CCCCCCCCCCCCCCCOC(=O)C1CCN(C(=O)c2ccc(CC)cc2)CC1. The lowest BCUT2D eigenvalue weighted by molar-refractivity contribution is -0.150. The van der Waals surface area contributed by atoms with Crippen molar-refractivity contribution in [3.63, 3.8) is 0 Å². The molecule has 0 spiro atoms. The number of benzene rings is 1. The average Bonchev–Trinajstić information content (AvgIpc) is 2.88. The van der Waals surface area contributed by atoms with Crippen LogP contribution in [0.5, 0.6) is 0 Å². The van der Waals surface area contributed by atoms with Gasteiger partial charge in [-0.15, -0.1) is 0 Å². The number of carbonyl (C=O) groups excluding carboxylic acids is 2. The third-order valence-corrected chi connectivity index (χ3v) is 7.22. The molecule has 0 aliphatic carbocycles. The Labute approximate surface area is 208 Å². The van der Waals surface area contributed by atoms with E-state index >= 15 is 0 Å². The zero-order valence-corrected chi connectivity index (χ0v) is 22.0. The van der Waals surface area contributed by atoms with E-state index in [2.05, 4.69) is 13.8 Å². The highest BCUT2D eigenvalue weighted by Gasteiger charge is 2.28. The smallest absolute Gasteiger partial charge is 0.309 e. The van der Waals surface area contributed by atoms with Gasteiger partial charge in [-0.05, 0) is 43.4 Å². The summed E-state index contributed by atoms with van der Waals surface area (Å²) >= 11 is 0. The fourth-order valence-electron chi connectivity index (χ4n) is 4.79. The second kappa shape index (κ2) is 17.6. The molecule has 4 nitrogen and oxygen atoms in total. The van der Waals surface area contributed by atoms with Crippen molar-refractivity contribution in [2.75, 3.05) is 19.7 Å². The number of ether oxygens (including phenoxy) is 1. The normalized spacial score (nSPS) is 14.4. The van der Waals surface area contributed by atoms with Crippen molar-refractivity contribution in [2.45, 2.75) is 117 Å². The molecule has 0 atom stereocenters. The first-order valence-electron chi connectivity index (χ1n) is 14.2. The van der Waals surface area contributed by atoms with E-state index in [9.17, 15) is 9.59 Å². The van der Waals surface area contributed by atoms with Gasteiger partial charge >= 0.3 is 5.97 Å². The number of carbonyl (C=O) groups is 2. The molecule has 1 aromatic rings. The van der Waals surface area contributed by atoms with Crippen LogP contribution in [0, 0.1) is 5.92 Å². The van der Waals surface area contributed by atoms with Crippen molar-refractivity contribution in [3.05, 3.63) is 35.4 Å². The highest BCUT2D eigenvalue weighted by molar-refractivity contribution is 5.94. The van der Waals surface area contributed by atoms with E-state index in [0.29, 0.717) is 32.5 Å². The standard InChI is InChI=1S/C30H49NO3/c1-3-5-6-7-8-9-10-11-12-13-14-15-16-25-34-30(33)28-21-23-31(24-22-28)29(32)27-19-17-26(4-2)18-20-27/h17-20,28H,3-16,21-25H2,1-2H3. The summed E-state index contributed by atoms with van der Waals surface area (Å²) < 4.78 is 5.54. The molecule has 2 rings (SSSR count). The molecule has 0 radical (unpaired) electrons. The van der Waals surface area contributed by atoms with Crippen LogP contribution >= 0.6 is 0 Å². The lowest BCUT2D eigenvalue weighted by atomic mass is 9.96. The summed E-state index contributed by atoms with van der Waals surface area (Å²) in [5, 5.41) is 0. The Morgan fingerprint density at radius 2 is 1.26 bits per heavy atom. The van der Waals surface area contributed by atoms with Gasteiger partial charge in [0.1, 0.15) is 0 Å². The van der Waals surface area contributed by atoms with Crippen molar-refractivity contribution in [1.82, 2.24) is 4.90 Å². The Hall–Kier alpha value is -1.84. The van der Waals surface area contributed by atoms with Crippen LogP contribution in [-0.2, 0) is 16.0 Å². The molecule has 0 bridgehead atoms. The Kier molecular flexibility index (Phi) is 14.7. The molecule has 0 unspecified atom stereocenters. The predicted molar refractivity (Wildman–Crippen MR) is 141 cm³/mol. The molecule has 1 fully saturated rings. The van der Waals surface area contributed by atoms with Crippen LogP contribution in [0.3, 0.4) is 0 Å². The van der Waals surface area contributed by atoms with E-state index in [-0.39, 0.29) is 17.8 Å². The molecule has 1 amide bonds. The average molecular weight is 472 g/mol. The number of hydrogen-bond donors (Lipinski definition) is 0. The van der Waals surface area contributed by atoms with Crippen LogP contribution in [0.25, 0.3) is 0 Å². The number of unbranched alkanes of at least 4 members (excludes halogenated alkanes) is 12. The van der Waals surface area contributed by atoms with E-state index < -0.39 is 0 Å². The Balaban J connectivity index is 1.45. The van der Waals surface area contributed by atoms with Gasteiger partial charge in [0.15, 0.2) is 0 Å². The van der Waals surface area contributed by atoms with Gasteiger partial charge in [-0.25, -0.2) is 0 Å². The second-order valence-electron chi connectivity index (χ2n) is 10.0. The topological polar surface area (TPSA) is 46.6 Å². The number of hydrogen-bond acceptors (Lipinski definition) is 3. The minimum absolute atomic E-state index is 0.0616. The van der Waals surface area contributed by atoms with Crippen LogP contribution in [0.2, 0.25) is 0 Å². The van der Waals surface area contributed by atoms with Gasteiger partial charge in [-0.1, -0.05) is 103 Å². The molecular weight excluding hydrogens is 422 g/mol. The Morgan fingerprint density at radius 3 is 1.76 bits per heavy atom. The first kappa shape index (κ1) is 28.4.